The highest BCUT2D eigenvalue weighted by atomic mass is 35.5. The third-order valence-electron chi connectivity index (χ3n) is 2.75. The molecule has 0 amide bonds. The van der Waals surface area contributed by atoms with E-state index in [9.17, 15) is 0 Å². The van der Waals surface area contributed by atoms with Crippen LogP contribution in [-0.2, 0) is 0 Å². The van der Waals surface area contributed by atoms with Crippen LogP contribution < -0.4 is 16.0 Å². The second kappa shape index (κ2) is 5.59. The lowest BCUT2D eigenvalue weighted by molar-refractivity contribution is 1.13. The summed E-state index contributed by atoms with van der Waals surface area (Å²) in [7, 11) is 3.97. The lowest BCUT2D eigenvalue weighted by Gasteiger charge is -2.19. The number of nitrogens with zero attached hydrogens (tertiary/aromatic N) is 1. The summed E-state index contributed by atoms with van der Waals surface area (Å²) >= 11 is 11.9. The van der Waals surface area contributed by atoms with Gasteiger partial charge in [0, 0.05) is 14.1 Å². The number of nitrogen functional groups attached to an aromatic ring is 1. The maximum Gasteiger partial charge on any atom is 0.0634 e. The fourth-order valence-electron chi connectivity index (χ4n) is 1.78. The van der Waals surface area contributed by atoms with Gasteiger partial charge in [-0.3, -0.25) is 0 Å². The summed E-state index contributed by atoms with van der Waals surface area (Å²) in [5.41, 5.74) is 9.26. The van der Waals surface area contributed by atoms with Crippen LogP contribution in [0.25, 0.3) is 0 Å². The van der Waals surface area contributed by atoms with Crippen LogP contribution in [0.5, 0.6) is 0 Å². The van der Waals surface area contributed by atoms with Crippen molar-refractivity contribution < 1.29 is 0 Å². The number of hydrogen-bond acceptors (Lipinski definition) is 3. The SMILES string of the molecule is CN(C)c1ccccc1Nc1cc(Cl)c(Cl)cc1N. The summed E-state index contributed by atoms with van der Waals surface area (Å²) in [5, 5.41) is 4.20. The van der Waals surface area contributed by atoms with E-state index in [1.807, 2.05) is 43.3 Å². The third-order valence-corrected chi connectivity index (χ3v) is 3.47. The molecule has 3 N–H and O–H groups in total. The molecule has 0 saturated carbocycles. The number of halogens is 2. The van der Waals surface area contributed by atoms with Gasteiger partial charge in [-0.25, -0.2) is 0 Å². The molecule has 0 aliphatic carbocycles. The second-order valence-electron chi connectivity index (χ2n) is 4.39. The zero-order valence-electron chi connectivity index (χ0n) is 10.7. The van der Waals surface area contributed by atoms with Gasteiger partial charge in [-0.05, 0) is 24.3 Å². The van der Waals surface area contributed by atoms with Gasteiger partial charge in [0.15, 0.2) is 0 Å². The van der Waals surface area contributed by atoms with E-state index in [1.54, 1.807) is 12.1 Å². The van der Waals surface area contributed by atoms with E-state index in [2.05, 4.69) is 5.32 Å². The molecule has 2 aromatic rings. The summed E-state index contributed by atoms with van der Waals surface area (Å²) in [6, 6.07) is 11.3. The Morgan fingerprint density at radius 2 is 1.63 bits per heavy atom. The molecule has 0 aromatic heterocycles. The first-order chi connectivity index (χ1) is 8.99. The van der Waals surface area contributed by atoms with Gasteiger partial charge in [-0.1, -0.05) is 35.3 Å². The molecular formula is C14H15Cl2N3. The van der Waals surface area contributed by atoms with Crippen LogP contribution in [0.1, 0.15) is 0 Å². The van der Waals surface area contributed by atoms with Crippen molar-refractivity contribution in [3.63, 3.8) is 0 Å². The topological polar surface area (TPSA) is 41.3 Å². The Morgan fingerprint density at radius 3 is 2.32 bits per heavy atom. The van der Waals surface area contributed by atoms with Crippen molar-refractivity contribution in [3.8, 4) is 0 Å². The largest absolute Gasteiger partial charge is 0.397 e. The van der Waals surface area contributed by atoms with E-state index in [-0.39, 0.29) is 0 Å². The van der Waals surface area contributed by atoms with Crippen molar-refractivity contribution in [2.75, 3.05) is 30.0 Å². The number of anilines is 4. The molecule has 19 heavy (non-hydrogen) atoms. The van der Waals surface area contributed by atoms with Gasteiger partial charge in [0.1, 0.15) is 0 Å². The molecule has 100 valence electrons. The standard InChI is InChI=1S/C14H15Cl2N3/c1-19(2)14-6-4-3-5-12(14)18-13-8-10(16)9(15)7-11(13)17/h3-8,18H,17H2,1-2H3. The van der Waals surface area contributed by atoms with Crippen LogP contribution in [0.15, 0.2) is 36.4 Å². The Morgan fingerprint density at radius 1 is 1.00 bits per heavy atom. The van der Waals surface area contributed by atoms with Crippen LogP contribution in [0, 0.1) is 0 Å². The maximum atomic E-state index is 6.02. The Bertz CT molecular complexity index is 597. The summed E-state index contributed by atoms with van der Waals surface area (Å²) in [4.78, 5) is 2.02. The smallest absolute Gasteiger partial charge is 0.0634 e. The Hall–Kier alpha value is -1.58. The van der Waals surface area contributed by atoms with E-state index in [4.69, 9.17) is 28.9 Å². The first kappa shape index (κ1) is 13.8. The fraction of sp³-hybridized carbons (Fsp3) is 0.143. The molecule has 0 heterocycles. The Balaban J connectivity index is 2.39. The number of nitrogens with two attached hydrogens (primary N) is 1. The number of hydrogen-bond donors (Lipinski definition) is 2. The molecule has 0 atom stereocenters. The maximum absolute atomic E-state index is 6.02. The predicted molar refractivity (Wildman–Crippen MR) is 84.9 cm³/mol. The third kappa shape index (κ3) is 3.06. The van der Waals surface area contributed by atoms with Gasteiger partial charge in [0.25, 0.3) is 0 Å². The number of benzene rings is 2. The van der Waals surface area contributed by atoms with Gasteiger partial charge < -0.3 is 16.0 Å². The molecule has 0 aliphatic heterocycles. The molecule has 0 fully saturated rings. The Kier molecular flexibility index (Phi) is 4.08. The normalized spacial score (nSPS) is 10.3. The van der Waals surface area contributed by atoms with Crippen LogP contribution in [-0.4, -0.2) is 14.1 Å². The average molecular weight is 296 g/mol. The van der Waals surface area contributed by atoms with E-state index in [0.29, 0.717) is 15.7 Å². The molecule has 3 nitrogen and oxygen atoms in total. The monoisotopic (exact) mass is 295 g/mol. The van der Waals surface area contributed by atoms with E-state index in [0.717, 1.165) is 17.1 Å². The highest BCUT2D eigenvalue weighted by Crippen LogP contribution is 2.34. The molecule has 0 spiro atoms. The number of nitrogens with one attached hydrogen (secondary N) is 1. The molecule has 5 heteroatoms. The van der Waals surface area contributed by atoms with Crippen molar-refractivity contribution in [2.45, 2.75) is 0 Å². The summed E-state index contributed by atoms with van der Waals surface area (Å²) < 4.78 is 0. The van der Waals surface area contributed by atoms with Gasteiger partial charge >= 0.3 is 0 Å². The molecule has 2 rings (SSSR count). The fourth-order valence-corrected chi connectivity index (χ4v) is 2.12. The van der Waals surface area contributed by atoms with Crippen LogP contribution in [0.3, 0.4) is 0 Å². The van der Waals surface area contributed by atoms with Crippen molar-refractivity contribution in [1.82, 2.24) is 0 Å². The molecule has 0 bridgehead atoms. The molecule has 0 aliphatic rings. The molecular weight excluding hydrogens is 281 g/mol. The lowest BCUT2D eigenvalue weighted by Crippen LogP contribution is -2.11. The first-order valence-corrected chi connectivity index (χ1v) is 6.52. The van der Waals surface area contributed by atoms with Gasteiger partial charge in [0.05, 0.1) is 32.8 Å². The highest BCUT2D eigenvalue weighted by molar-refractivity contribution is 6.42. The Labute approximate surface area is 122 Å². The summed E-state index contributed by atoms with van der Waals surface area (Å²) in [5.74, 6) is 0. The van der Waals surface area contributed by atoms with Gasteiger partial charge in [-0.2, -0.15) is 0 Å². The zero-order chi connectivity index (χ0) is 14.0. The van der Waals surface area contributed by atoms with Crippen molar-refractivity contribution in [2.24, 2.45) is 0 Å². The minimum Gasteiger partial charge on any atom is -0.397 e. The molecule has 0 unspecified atom stereocenters. The summed E-state index contributed by atoms with van der Waals surface area (Å²) in [6.45, 7) is 0. The van der Waals surface area contributed by atoms with Crippen LogP contribution >= 0.6 is 23.2 Å². The average Bonchev–Trinajstić information content (AvgIpc) is 2.36. The molecule has 0 saturated heterocycles. The van der Waals surface area contributed by atoms with Gasteiger partial charge in [0.2, 0.25) is 0 Å². The first-order valence-electron chi connectivity index (χ1n) is 5.77. The minimum atomic E-state index is 0.450. The van der Waals surface area contributed by atoms with Crippen molar-refractivity contribution in [3.05, 3.63) is 46.4 Å². The highest BCUT2D eigenvalue weighted by Gasteiger charge is 2.08. The van der Waals surface area contributed by atoms with E-state index in [1.165, 1.54) is 0 Å². The minimum absolute atomic E-state index is 0.450. The molecule has 0 radical (unpaired) electrons. The lowest BCUT2D eigenvalue weighted by atomic mass is 10.2. The molecule has 2 aromatic carbocycles. The second-order valence-corrected chi connectivity index (χ2v) is 5.20. The summed E-state index contributed by atoms with van der Waals surface area (Å²) in [6.07, 6.45) is 0. The van der Waals surface area contributed by atoms with Crippen LogP contribution in [0.4, 0.5) is 22.7 Å². The number of para-hydroxylation sites is 2. The van der Waals surface area contributed by atoms with Crippen molar-refractivity contribution in [1.29, 1.82) is 0 Å². The van der Waals surface area contributed by atoms with Gasteiger partial charge in [-0.15, -0.1) is 0 Å². The van der Waals surface area contributed by atoms with Crippen LogP contribution in [0.2, 0.25) is 10.0 Å². The quantitative estimate of drug-likeness (QED) is 0.826. The van der Waals surface area contributed by atoms with E-state index < -0.39 is 0 Å². The van der Waals surface area contributed by atoms with Crippen molar-refractivity contribution >= 4 is 46.0 Å². The predicted octanol–water partition coefficient (Wildman–Crippen LogP) is 4.39. The number of rotatable bonds is 3. The van der Waals surface area contributed by atoms with E-state index >= 15 is 0 Å². The zero-order valence-corrected chi connectivity index (χ0v) is 12.3.